The molecule has 1 amide bonds. The molecule has 4 heteroatoms. The van der Waals surface area contributed by atoms with Gasteiger partial charge in [-0.15, -0.1) is 0 Å². The fourth-order valence-corrected chi connectivity index (χ4v) is 1.67. The number of nitrogens with two attached hydrogens (primary N) is 1. The monoisotopic (exact) mass is 222 g/mol. The van der Waals surface area contributed by atoms with Crippen molar-refractivity contribution < 1.29 is 9.90 Å². The Morgan fingerprint density at radius 1 is 1.44 bits per heavy atom. The highest BCUT2D eigenvalue weighted by molar-refractivity contribution is 5.79. The maximum atomic E-state index is 11.0. The van der Waals surface area contributed by atoms with E-state index in [1.54, 1.807) is 0 Å². The molecule has 0 aliphatic carbocycles. The van der Waals surface area contributed by atoms with E-state index in [2.05, 4.69) is 0 Å². The van der Waals surface area contributed by atoms with Crippen molar-refractivity contribution in [2.45, 2.75) is 19.4 Å². The van der Waals surface area contributed by atoms with Crippen molar-refractivity contribution in [3.63, 3.8) is 0 Å². The van der Waals surface area contributed by atoms with E-state index in [-0.39, 0.29) is 19.2 Å². The fourth-order valence-electron chi connectivity index (χ4n) is 1.67. The van der Waals surface area contributed by atoms with Crippen LogP contribution in [-0.4, -0.2) is 30.2 Å². The third kappa shape index (κ3) is 3.24. The SMILES string of the molecule is CCC(CO)N(CC(N)=O)c1ccccc1. The summed E-state index contributed by atoms with van der Waals surface area (Å²) in [6.45, 7) is 2.11. The lowest BCUT2D eigenvalue weighted by molar-refractivity contribution is -0.116. The van der Waals surface area contributed by atoms with E-state index >= 15 is 0 Å². The molecular formula is C12H18N2O2. The molecule has 1 aromatic carbocycles. The number of carbonyl (C=O) groups excluding carboxylic acids is 1. The number of para-hydroxylation sites is 1. The minimum absolute atomic E-state index is 0.0126. The van der Waals surface area contributed by atoms with Gasteiger partial charge in [-0.3, -0.25) is 4.79 Å². The third-order valence-corrected chi connectivity index (χ3v) is 2.54. The number of carbonyl (C=O) groups is 1. The van der Waals surface area contributed by atoms with Crippen LogP contribution >= 0.6 is 0 Å². The molecule has 1 rings (SSSR count). The summed E-state index contributed by atoms with van der Waals surface area (Å²) in [7, 11) is 0. The first kappa shape index (κ1) is 12.5. The van der Waals surface area contributed by atoms with Gasteiger partial charge in [-0.05, 0) is 18.6 Å². The van der Waals surface area contributed by atoms with Crippen LogP contribution in [0.3, 0.4) is 0 Å². The maximum Gasteiger partial charge on any atom is 0.236 e. The Morgan fingerprint density at radius 3 is 2.50 bits per heavy atom. The number of hydrogen-bond donors (Lipinski definition) is 2. The number of anilines is 1. The van der Waals surface area contributed by atoms with E-state index < -0.39 is 5.91 Å². The molecule has 1 unspecified atom stereocenters. The largest absolute Gasteiger partial charge is 0.394 e. The lowest BCUT2D eigenvalue weighted by atomic mass is 10.1. The molecule has 4 nitrogen and oxygen atoms in total. The number of nitrogens with zero attached hydrogens (tertiary/aromatic N) is 1. The van der Waals surface area contributed by atoms with Crippen LogP contribution in [0.15, 0.2) is 30.3 Å². The van der Waals surface area contributed by atoms with E-state index in [9.17, 15) is 9.90 Å². The number of rotatable bonds is 6. The van der Waals surface area contributed by atoms with Crippen molar-refractivity contribution in [3.05, 3.63) is 30.3 Å². The van der Waals surface area contributed by atoms with Crippen LogP contribution in [0.25, 0.3) is 0 Å². The third-order valence-electron chi connectivity index (χ3n) is 2.54. The summed E-state index contributed by atoms with van der Waals surface area (Å²) < 4.78 is 0. The normalized spacial score (nSPS) is 12.1. The van der Waals surface area contributed by atoms with E-state index in [4.69, 9.17) is 5.73 Å². The molecule has 88 valence electrons. The van der Waals surface area contributed by atoms with E-state index in [0.29, 0.717) is 0 Å². The van der Waals surface area contributed by atoms with Crippen molar-refractivity contribution in [1.82, 2.24) is 0 Å². The average Bonchev–Trinajstić information content (AvgIpc) is 2.30. The Hall–Kier alpha value is -1.55. The first-order chi connectivity index (χ1) is 7.69. The van der Waals surface area contributed by atoms with Crippen molar-refractivity contribution in [1.29, 1.82) is 0 Å². The second-order valence-electron chi connectivity index (χ2n) is 3.67. The Balaban J connectivity index is 2.90. The Kier molecular flexibility index (Phi) is 4.79. The van der Waals surface area contributed by atoms with Crippen LogP contribution in [0.4, 0.5) is 5.69 Å². The van der Waals surface area contributed by atoms with E-state index in [1.807, 2.05) is 42.2 Å². The molecule has 0 aliphatic heterocycles. The lowest BCUT2D eigenvalue weighted by Crippen LogP contribution is -2.43. The summed E-state index contributed by atoms with van der Waals surface area (Å²) in [5.41, 5.74) is 6.12. The molecule has 0 bridgehead atoms. The van der Waals surface area contributed by atoms with Crippen molar-refractivity contribution in [2.75, 3.05) is 18.1 Å². The van der Waals surface area contributed by atoms with Gasteiger partial charge >= 0.3 is 0 Å². The Bertz CT molecular complexity index is 323. The molecule has 3 N–H and O–H groups in total. The van der Waals surface area contributed by atoms with Crippen molar-refractivity contribution in [3.8, 4) is 0 Å². The van der Waals surface area contributed by atoms with Gasteiger partial charge in [0.1, 0.15) is 0 Å². The van der Waals surface area contributed by atoms with Gasteiger partial charge in [0.15, 0.2) is 0 Å². The maximum absolute atomic E-state index is 11.0. The highest BCUT2D eigenvalue weighted by atomic mass is 16.3. The van der Waals surface area contributed by atoms with Gasteiger partial charge in [-0.1, -0.05) is 25.1 Å². The zero-order valence-electron chi connectivity index (χ0n) is 9.47. The minimum atomic E-state index is -0.393. The van der Waals surface area contributed by atoms with E-state index in [1.165, 1.54) is 0 Å². The zero-order valence-corrected chi connectivity index (χ0v) is 9.47. The van der Waals surface area contributed by atoms with Crippen LogP contribution in [0.2, 0.25) is 0 Å². The molecule has 1 aromatic rings. The molecule has 0 radical (unpaired) electrons. The first-order valence-corrected chi connectivity index (χ1v) is 5.39. The fraction of sp³-hybridized carbons (Fsp3) is 0.417. The van der Waals surface area contributed by atoms with Gasteiger partial charge in [0.25, 0.3) is 0 Å². The second-order valence-corrected chi connectivity index (χ2v) is 3.67. The van der Waals surface area contributed by atoms with Gasteiger partial charge in [0.05, 0.1) is 19.2 Å². The molecule has 1 atom stereocenters. The second kappa shape index (κ2) is 6.12. The van der Waals surface area contributed by atoms with Gasteiger partial charge in [0.2, 0.25) is 5.91 Å². The summed E-state index contributed by atoms with van der Waals surface area (Å²) >= 11 is 0. The number of hydrogen-bond acceptors (Lipinski definition) is 3. The van der Waals surface area contributed by atoms with Crippen LogP contribution < -0.4 is 10.6 Å². The smallest absolute Gasteiger partial charge is 0.236 e. The number of aliphatic hydroxyl groups excluding tert-OH is 1. The molecule has 0 saturated heterocycles. The van der Waals surface area contributed by atoms with Gasteiger partial charge < -0.3 is 15.7 Å². The molecule has 0 aromatic heterocycles. The molecule has 0 heterocycles. The van der Waals surface area contributed by atoms with Crippen LogP contribution in [0, 0.1) is 0 Å². The van der Waals surface area contributed by atoms with Crippen molar-refractivity contribution >= 4 is 11.6 Å². The van der Waals surface area contributed by atoms with Gasteiger partial charge in [-0.25, -0.2) is 0 Å². The number of benzene rings is 1. The standard InChI is InChI=1S/C12H18N2O2/c1-2-10(9-15)14(8-12(13)16)11-6-4-3-5-7-11/h3-7,10,15H,2,8-9H2,1H3,(H2,13,16). The van der Waals surface area contributed by atoms with Crippen molar-refractivity contribution in [2.24, 2.45) is 5.73 Å². The zero-order chi connectivity index (χ0) is 12.0. The summed E-state index contributed by atoms with van der Waals surface area (Å²) in [6, 6.07) is 9.43. The summed E-state index contributed by atoms with van der Waals surface area (Å²) in [4.78, 5) is 12.9. The lowest BCUT2D eigenvalue weighted by Gasteiger charge is -2.30. The first-order valence-electron chi connectivity index (χ1n) is 5.39. The summed E-state index contributed by atoms with van der Waals surface area (Å²) in [5.74, 6) is -0.393. The Labute approximate surface area is 95.7 Å². The minimum Gasteiger partial charge on any atom is -0.394 e. The molecule has 16 heavy (non-hydrogen) atoms. The number of primary amides is 1. The molecule has 0 fully saturated rings. The Morgan fingerprint density at radius 2 is 2.06 bits per heavy atom. The number of amides is 1. The highest BCUT2D eigenvalue weighted by Crippen LogP contribution is 2.17. The average molecular weight is 222 g/mol. The predicted octanol–water partition coefficient (Wildman–Crippen LogP) is 0.749. The quantitative estimate of drug-likeness (QED) is 0.746. The topological polar surface area (TPSA) is 66.6 Å². The van der Waals surface area contributed by atoms with Crippen LogP contribution in [0.1, 0.15) is 13.3 Å². The molecular weight excluding hydrogens is 204 g/mol. The van der Waals surface area contributed by atoms with Gasteiger partial charge in [-0.2, -0.15) is 0 Å². The van der Waals surface area contributed by atoms with E-state index in [0.717, 1.165) is 12.1 Å². The number of aliphatic hydroxyl groups is 1. The molecule has 0 spiro atoms. The highest BCUT2D eigenvalue weighted by Gasteiger charge is 2.17. The van der Waals surface area contributed by atoms with Crippen LogP contribution in [0.5, 0.6) is 0 Å². The van der Waals surface area contributed by atoms with Gasteiger partial charge in [0, 0.05) is 5.69 Å². The summed E-state index contributed by atoms with van der Waals surface area (Å²) in [6.07, 6.45) is 0.763. The predicted molar refractivity (Wildman–Crippen MR) is 64.1 cm³/mol. The molecule has 0 saturated carbocycles. The molecule has 0 aliphatic rings. The summed E-state index contributed by atoms with van der Waals surface area (Å²) in [5, 5.41) is 9.28. The van der Waals surface area contributed by atoms with Crippen LogP contribution in [-0.2, 0) is 4.79 Å².